The normalized spacial score (nSPS) is 15.9. The van der Waals surface area contributed by atoms with E-state index in [1.165, 1.54) is 10.8 Å². The summed E-state index contributed by atoms with van der Waals surface area (Å²) < 4.78 is 6.61. The Bertz CT molecular complexity index is 923. The minimum Gasteiger partial charge on any atom is -0.383 e. The molecule has 1 aliphatic heterocycles. The van der Waals surface area contributed by atoms with Crippen molar-refractivity contribution in [2.75, 3.05) is 13.1 Å². The van der Waals surface area contributed by atoms with Crippen LogP contribution in [0, 0.1) is 0 Å². The molecule has 3 aromatic rings. The maximum absolute atomic E-state index is 12.2. The summed E-state index contributed by atoms with van der Waals surface area (Å²) >= 11 is 3.61. The zero-order valence-corrected chi connectivity index (χ0v) is 14.9. The van der Waals surface area contributed by atoms with Gasteiger partial charge in [0.05, 0.1) is 5.56 Å². The fourth-order valence-corrected chi connectivity index (χ4v) is 4.01. The number of hydrogen-bond acceptors (Lipinski definition) is 3. The third kappa shape index (κ3) is 2.94. The third-order valence-corrected chi connectivity index (χ3v) is 5.50. The van der Waals surface area contributed by atoms with Gasteiger partial charge in [-0.15, -0.1) is 0 Å². The Labute approximate surface area is 148 Å². The molecule has 0 bridgehead atoms. The number of benzene rings is 2. The summed E-state index contributed by atoms with van der Waals surface area (Å²) in [6.45, 7) is 1.95. The first kappa shape index (κ1) is 15.7. The molecule has 4 nitrogen and oxygen atoms in total. The van der Waals surface area contributed by atoms with E-state index in [0.717, 1.165) is 47.3 Å². The van der Waals surface area contributed by atoms with Gasteiger partial charge < -0.3 is 9.84 Å². The Morgan fingerprint density at radius 1 is 1.17 bits per heavy atom. The van der Waals surface area contributed by atoms with Gasteiger partial charge in [0, 0.05) is 16.8 Å². The van der Waals surface area contributed by atoms with Crippen molar-refractivity contribution in [3.8, 4) is 0 Å². The van der Waals surface area contributed by atoms with E-state index >= 15 is 0 Å². The Balaban J connectivity index is 1.69. The Hall–Kier alpha value is -1.85. The average Bonchev–Trinajstić information content (AvgIpc) is 2.97. The van der Waals surface area contributed by atoms with Gasteiger partial charge in [-0.1, -0.05) is 40.2 Å². The average molecular weight is 387 g/mol. The van der Waals surface area contributed by atoms with E-state index in [0.29, 0.717) is 12.3 Å². The fourth-order valence-electron chi connectivity index (χ4n) is 3.51. The molecule has 2 N–H and O–H groups in total. The van der Waals surface area contributed by atoms with Crippen LogP contribution in [-0.4, -0.2) is 18.2 Å². The van der Waals surface area contributed by atoms with E-state index in [1.807, 2.05) is 12.1 Å². The molecule has 0 amide bonds. The first-order valence-electron chi connectivity index (χ1n) is 8.30. The van der Waals surface area contributed by atoms with Gasteiger partial charge in [-0.3, -0.25) is 4.79 Å². The number of aromatic amines is 1. The number of hydrogen-bond donors (Lipinski definition) is 2. The van der Waals surface area contributed by atoms with Gasteiger partial charge in [0.25, 0.3) is 5.56 Å². The minimum absolute atomic E-state index is 0.101. The predicted molar refractivity (Wildman–Crippen MR) is 98.6 cm³/mol. The van der Waals surface area contributed by atoms with Crippen molar-refractivity contribution in [2.45, 2.75) is 25.2 Å². The van der Waals surface area contributed by atoms with Crippen LogP contribution in [-0.2, 0) is 6.42 Å². The standard InChI is InChI=1S/C19H19BrN2O2/c20-17-3-1-2-13-5-4-12(10-15(13)17)11-16-18(24-22-19(16)23)14-6-8-21-9-7-14/h1-5,10,14,21H,6-9,11H2,(H,22,23). The maximum atomic E-state index is 12.2. The van der Waals surface area contributed by atoms with Crippen molar-refractivity contribution in [1.82, 2.24) is 10.5 Å². The molecule has 0 saturated carbocycles. The van der Waals surface area contributed by atoms with Crippen molar-refractivity contribution in [2.24, 2.45) is 0 Å². The molecule has 0 aliphatic carbocycles. The molecule has 0 atom stereocenters. The van der Waals surface area contributed by atoms with Crippen molar-refractivity contribution >= 4 is 26.7 Å². The van der Waals surface area contributed by atoms with E-state index in [9.17, 15) is 4.79 Å². The van der Waals surface area contributed by atoms with Crippen molar-refractivity contribution < 1.29 is 4.52 Å². The Morgan fingerprint density at radius 3 is 2.83 bits per heavy atom. The lowest BCUT2D eigenvalue weighted by atomic mass is 9.91. The summed E-state index contributed by atoms with van der Waals surface area (Å²) in [5, 5.41) is 8.25. The number of halogens is 1. The topological polar surface area (TPSA) is 58.0 Å². The van der Waals surface area contributed by atoms with Crippen molar-refractivity contribution in [3.63, 3.8) is 0 Å². The lowest BCUT2D eigenvalue weighted by Crippen LogP contribution is -2.27. The SMILES string of the molecule is O=c1[nH]oc(C2CCNCC2)c1Cc1ccc2cccc(Br)c2c1. The van der Waals surface area contributed by atoms with Gasteiger partial charge in [-0.25, -0.2) is 0 Å². The summed E-state index contributed by atoms with van der Waals surface area (Å²) in [5.41, 5.74) is 1.79. The molecule has 2 aromatic carbocycles. The highest BCUT2D eigenvalue weighted by atomic mass is 79.9. The van der Waals surface area contributed by atoms with Crippen LogP contribution in [0.2, 0.25) is 0 Å². The van der Waals surface area contributed by atoms with Crippen LogP contribution in [0.15, 0.2) is 50.2 Å². The van der Waals surface area contributed by atoms with E-state index < -0.39 is 0 Å². The minimum atomic E-state index is -0.101. The van der Waals surface area contributed by atoms with Gasteiger partial charge in [-0.2, -0.15) is 5.16 Å². The number of nitrogens with one attached hydrogen (secondary N) is 2. The highest BCUT2D eigenvalue weighted by molar-refractivity contribution is 9.10. The molecule has 1 saturated heterocycles. The highest BCUT2D eigenvalue weighted by Gasteiger charge is 2.24. The first-order chi connectivity index (χ1) is 11.7. The molecule has 0 radical (unpaired) electrons. The summed E-state index contributed by atoms with van der Waals surface area (Å²) in [6, 6.07) is 12.5. The lowest BCUT2D eigenvalue weighted by Gasteiger charge is -2.21. The van der Waals surface area contributed by atoms with Gasteiger partial charge in [0.2, 0.25) is 0 Å². The van der Waals surface area contributed by atoms with Crippen LogP contribution in [0.4, 0.5) is 0 Å². The van der Waals surface area contributed by atoms with E-state index in [4.69, 9.17) is 4.52 Å². The summed E-state index contributed by atoms with van der Waals surface area (Å²) in [7, 11) is 0. The van der Waals surface area contributed by atoms with Crippen LogP contribution in [0.5, 0.6) is 0 Å². The van der Waals surface area contributed by atoms with Crippen LogP contribution in [0.3, 0.4) is 0 Å². The zero-order chi connectivity index (χ0) is 16.5. The third-order valence-electron chi connectivity index (χ3n) is 4.81. The Morgan fingerprint density at radius 2 is 2.00 bits per heavy atom. The first-order valence-corrected chi connectivity index (χ1v) is 9.10. The molecular formula is C19H19BrN2O2. The lowest BCUT2D eigenvalue weighted by molar-refractivity contribution is 0.324. The smallest absolute Gasteiger partial charge is 0.283 e. The molecule has 124 valence electrons. The second-order valence-corrected chi connectivity index (χ2v) is 7.23. The van der Waals surface area contributed by atoms with Crippen LogP contribution in [0.1, 0.15) is 35.6 Å². The summed E-state index contributed by atoms with van der Waals surface area (Å²) in [4.78, 5) is 12.2. The molecule has 1 aliphatic rings. The largest absolute Gasteiger partial charge is 0.383 e. The second kappa shape index (κ2) is 6.57. The van der Waals surface area contributed by atoms with Gasteiger partial charge in [0.1, 0.15) is 5.76 Å². The maximum Gasteiger partial charge on any atom is 0.283 e. The highest BCUT2D eigenvalue weighted by Crippen LogP contribution is 2.29. The number of H-pyrrole nitrogens is 1. The Kier molecular flexibility index (Phi) is 4.29. The number of piperidine rings is 1. The van der Waals surface area contributed by atoms with Gasteiger partial charge >= 0.3 is 0 Å². The van der Waals surface area contributed by atoms with Crippen LogP contribution in [0.25, 0.3) is 10.8 Å². The second-order valence-electron chi connectivity index (χ2n) is 6.37. The summed E-state index contributed by atoms with van der Waals surface area (Å²) in [5.74, 6) is 1.17. The molecule has 2 heterocycles. The van der Waals surface area contributed by atoms with Crippen molar-refractivity contribution in [3.05, 3.63) is 68.1 Å². The molecule has 24 heavy (non-hydrogen) atoms. The molecule has 0 spiro atoms. The molecule has 5 heteroatoms. The van der Waals surface area contributed by atoms with Crippen LogP contribution >= 0.6 is 15.9 Å². The summed E-state index contributed by atoms with van der Waals surface area (Å²) in [6.07, 6.45) is 2.62. The van der Waals surface area contributed by atoms with Crippen LogP contribution < -0.4 is 10.9 Å². The molecule has 0 unspecified atom stereocenters. The monoisotopic (exact) mass is 386 g/mol. The van der Waals surface area contributed by atoms with E-state index in [1.54, 1.807) is 0 Å². The van der Waals surface area contributed by atoms with Gasteiger partial charge in [-0.05, 0) is 54.4 Å². The van der Waals surface area contributed by atoms with E-state index in [2.05, 4.69) is 50.7 Å². The fraction of sp³-hybridized carbons (Fsp3) is 0.316. The zero-order valence-electron chi connectivity index (χ0n) is 13.3. The quantitative estimate of drug-likeness (QED) is 0.716. The van der Waals surface area contributed by atoms with E-state index in [-0.39, 0.29) is 5.56 Å². The molecule has 1 aromatic heterocycles. The molecule has 1 fully saturated rings. The molecule has 4 rings (SSSR count). The number of rotatable bonds is 3. The molecular weight excluding hydrogens is 368 g/mol. The van der Waals surface area contributed by atoms with Gasteiger partial charge in [0.15, 0.2) is 0 Å². The number of aromatic nitrogens is 1. The number of fused-ring (bicyclic) bond motifs is 1. The predicted octanol–water partition coefficient (Wildman–Crippen LogP) is 3.94. The van der Waals surface area contributed by atoms with Crippen molar-refractivity contribution in [1.29, 1.82) is 0 Å².